The average Bonchev–Trinajstić information content (AvgIpc) is 2.79. The van der Waals surface area contributed by atoms with Gasteiger partial charge in [0.05, 0.1) is 10.9 Å². The molecule has 1 unspecified atom stereocenters. The van der Waals surface area contributed by atoms with Gasteiger partial charge in [-0.2, -0.15) is 11.8 Å². The molecule has 1 aromatic heterocycles. The Morgan fingerprint density at radius 3 is 2.70 bits per heavy atom. The molecule has 108 valence electrons. The van der Waals surface area contributed by atoms with E-state index in [4.69, 9.17) is 11.6 Å². The molecule has 20 heavy (non-hydrogen) atoms. The van der Waals surface area contributed by atoms with Crippen LogP contribution >= 0.6 is 23.4 Å². The number of halogens is 3. The van der Waals surface area contributed by atoms with Crippen molar-refractivity contribution >= 4 is 34.4 Å². The summed E-state index contributed by atoms with van der Waals surface area (Å²) in [5.74, 6) is 1.54. The van der Waals surface area contributed by atoms with Crippen molar-refractivity contribution in [2.24, 2.45) is 0 Å². The molecule has 0 amide bonds. The van der Waals surface area contributed by atoms with E-state index in [1.807, 2.05) is 23.3 Å². The third-order valence-electron chi connectivity index (χ3n) is 3.65. The smallest absolute Gasteiger partial charge is 0.153 e. The third-order valence-corrected chi connectivity index (χ3v) is 4.90. The molecule has 1 saturated heterocycles. The highest BCUT2D eigenvalue weighted by Crippen LogP contribution is 2.35. The van der Waals surface area contributed by atoms with Crippen LogP contribution in [0.3, 0.4) is 0 Å². The normalized spacial score (nSPS) is 18.6. The summed E-state index contributed by atoms with van der Waals surface area (Å²) in [6.07, 6.45) is 1.95. The molecule has 1 aliphatic rings. The standard InChI is InChI=1S/C14H15ClF2N2S/c1-8(15)14-18-13-11(17)6-9(16)7-12(13)19(14)10-2-4-20-5-3-10/h6-8,10H,2-5H2,1H3. The summed E-state index contributed by atoms with van der Waals surface area (Å²) in [7, 11) is 0. The lowest BCUT2D eigenvalue weighted by Crippen LogP contribution is -2.17. The fourth-order valence-corrected chi connectivity index (χ4v) is 3.98. The number of hydrogen-bond acceptors (Lipinski definition) is 2. The Morgan fingerprint density at radius 1 is 1.35 bits per heavy atom. The minimum atomic E-state index is -0.623. The molecular formula is C14H15ClF2N2S. The van der Waals surface area contributed by atoms with E-state index in [1.165, 1.54) is 6.07 Å². The summed E-state index contributed by atoms with van der Waals surface area (Å²) in [4.78, 5) is 4.31. The van der Waals surface area contributed by atoms with Gasteiger partial charge in [-0.3, -0.25) is 0 Å². The molecule has 0 saturated carbocycles. The van der Waals surface area contributed by atoms with Gasteiger partial charge in [-0.25, -0.2) is 13.8 Å². The zero-order chi connectivity index (χ0) is 14.3. The van der Waals surface area contributed by atoms with Gasteiger partial charge in [0.25, 0.3) is 0 Å². The molecule has 2 aromatic rings. The quantitative estimate of drug-likeness (QED) is 0.748. The number of hydrogen-bond donors (Lipinski definition) is 0. The number of imidazole rings is 1. The summed E-state index contributed by atoms with van der Waals surface area (Å²) in [6.45, 7) is 1.81. The first kappa shape index (κ1) is 14.1. The van der Waals surface area contributed by atoms with Crippen molar-refractivity contribution in [3.8, 4) is 0 Å². The molecule has 2 nitrogen and oxygen atoms in total. The molecule has 1 fully saturated rings. The van der Waals surface area contributed by atoms with Gasteiger partial charge in [0, 0.05) is 12.1 Å². The average molecular weight is 317 g/mol. The van der Waals surface area contributed by atoms with Crippen LogP contribution in [0.15, 0.2) is 12.1 Å². The Labute approximate surface area is 125 Å². The van der Waals surface area contributed by atoms with Crippen molar-refractivity contribution in [3.63, 3.8) is 0 Å². The predicted molar refractivity (Wildman–Crippen MR) is 79.5 cm³/mol. The van der Waals surface area contributed by atoms with Crippen molar-refractivity contribution in [3.05, 3.63) is 29.6 Å². The van der Waals surface area contributed by atoms with Crippen molar-refractivity contribution in [2.75, 3.05) is 11.5 Å². The monoisotopic (exact) mass is 316 g/mol. The molecule has 0 N–H and O–H groups in total. The maximum atomic E-state index is 13.9. The fraction of sp³-hybridized carbons (Fsp3) is 0.500. The molecule has 2 heterocycles. The van der Waals surface area contributed by atoms with Crippen LogP contribution in [-0.4, -0.2) is 21.1 Å². The SMILES string of the molecule is CC(Cl)c1nc2c(F)cc(F)cc2n1C1CCSCC1. The molecule has 1 aliphatic heterocycles. The van der Waals surface area contributed by atoms with E-state index in [-0.39, 0.29) is 16.9 Å². The van der Waals surface area contributed by atoms with Gasteiger partial charge < -0.3 is 4.57 Å². The van der Waals surface area contributed by atoms with E-state index in [1.54, 1.807) is 0 Å². The number of aromatic nitrogens is 2. The minimum absolute atomic E-state index is 0.215. The first-order valence-electron chi connectivity index (χ1n) is 6.66. The highest BCUT2D eigenvalue weighted by Gasteiger charge is 2.25. The van der Waals surface area contributed by atoms with Crippen LogP contribution < -0.4 is 0 Å². The second-order valence-electron chi connectivity index (χ2n) is 5.05. The Hall–Kier alpha value is -0.810. The number of fused-ring (bicyclic) bond motifs is 1. The molecule has 0 radical (unpaired) electrons. The molecular weight excluding hydrogens is 302 g/mol. The second kappa shape index (κ2) is 5.53. The van der Waals surface area contributed by atoms with E-state index in [9.17, 15) is 8.78 Å². The molecule has 0 bridgehead atoms. The van der Waals surface area contributed by atoms with Crippen LogP contribution in [0, 0.1) is 11.6 Å². The lowest BCUT2D eigenvalue weighted by atomic mass is 10.1. The first-order chi connectivity index (χ1) is 9.58. The summed E-state index contributed by atoms with van der Waals surface area (Å²) in [5, 5.41) is -0.334. The van der Waals surface area contributed by atoms with Crippen LogP contribution in [0.2, 0.25) is 0 Å². The van der Waals surface area contributed by atoms with E-state index < -0.39 is 11.6 Å². The highest BCUT2D eigenvalue weighted by molar-refractivity contribution is 7.99. The first-order valence-corrected chi connectivity index (χ1v) is 8.25. The third kappa shape index (κ3) is 2.42. The molecule has 1 atom stereocenters. The topological polar surface area (TPSA) is 17.8 Å². The fourth-order valence-electron chi connectivity index (χ4n) is 2.75. The van der Waals surface area contributed by atoms with Gasteiger partial charge in [0.1, 0.15) is 17.2 Å². The molecule has 6 heteroatoms. The molecule has 3 rings (SSSR count). The summed E-state index contributed by atoms with van der Waals surface area (Å²) < 4.78 is 29.4. The minimum Gasteiger partial charge on any atom is -0.323 e. The van der Waals surface area contributed by atoms with E-state index in [0.29, 0.717) is 11.3 Å². The second-order valence-corrected chi connectivity index (χ2v) is 6.93. The molecule has 0 spiro atoms. The largest absolute Gasteiger partial charge is 0.323 e. The van der Waals surface area contributed by atoms with Crippen molar-refractivity contribution < 1.29 is 8.78 Å². The van der Waals surface area contributed by atoms with E-state index in [0.717, 1.165) is 30.4 Å². The number of alkyl halides is 1. The number of rotatable bonds is 2. The maximum absolute atomic E-state index is 13.9. The zero-order valence-electron chi connectivity index (χ0n) is 11.1. The van der Waals surface area contributed by atoms with Gasteiger partial charge >= 0.3 is 0 Å². The van der Waals surface area contributed by atoms with Crippen LogP contribution in [0.4, 0.5) is 8.78 Å². The highest BCUT2D eigenvalue weighted by atomic mass is 35.5. The lowest BCUT2D eigenvalue weighted by Gasteiger charge is -2.25. The Morgan fingerprint density at radius 2 is 2.05 bits per heavy atom. The maximum Gasteiger partial charge on any atom is 0.153 e. The van der Waals surface area contributed by atoms with E-state index >= 15 is 0 Å². The lowest BCUT2D eigenvalue weighted by molar-refractivity contribution is 0.464. The van der Waals surface area contributed by atoms with Crippen LogP contribution in [0.1, 0.15) is 37.0 Å². The zero-order valence-corrected chi connectivity index (χ0v) is 12.6. The number of benzene rings is 1. The van der Waals surface area contributed by atoms with Gasteiger partial charge in [-0.05, 0) is 37.3 Å². The van der Waals surface area contributed by atoms with E-state index in [2.05, 4.69) is 4.98 Å². The molecule has 1 aromatic carbocycles. The van der Waals surface area contributed by atoms with Crippen LogP contribution in [0.5, 0.6) is 0 Å². The van der Waals surface area contributed by atoms with Gasteiger partial charge in [0.2, 0.25) is 0 Å². The summed E-state index contributed by atoms with van der Waals surface area (Å²) in [5.41, 5.74) is 0.731. The number of thioether (sulfide) groups is 1. The summed E-state index contributed by atoms with van der Waals surface area (Å²) >= 11 is 8.09. The summed E-state index contributed by atoms with van der Waals surface area (Å²) in [6, 6.07) is 2.45. The van der Waals surface area contributed by atoms with Crippen LogP contribution in [-0.2, 0) is 0 Å². The Bertz CT molecular complexity index is 636. The van der Waals surface area contributed by atoms with Gasteiger partial charge in [0.15, 0.2) is 5.82 Å². The van der Waals surface area contributed by atoms with Crippen molar-refractivity contribution in [2.45, 2.75) is 31.2 Å². The van der Waals surface area contributed by atoms with Crippen molar-refractivity contribution in [1.29, 1.82) is 0 Å². The Kier molecular flexibility index (Phi) is 3.91. The van der Waals surface area contributed by atoms with Gasteiger partial charge in [-0.15, -0.1) is 11.6 Å². The predicted octanol–water partition coefficient (Wildman–Crippen LogP) is 4.68. The van der Waals surface area contributed by atoms with Crippen molar-refractivity contribution in [1.82, 2.24) is 9.55 Å². The Balaban J connectivity index is 2.22. The van der Waals surface area contributed by atoms with Crippen LogP contribution in [0.25, 0.3) is 11.0 Å². The van der Waals surface area contributed by atoms with Gasteiger partial charge in [-0.1, -0.05) is 0 Å². The number of nitrogens with zero attached hydrogens (tertiary/aromatic N) is 2. The molecule has 0 aliphatic carbocycles.